The number of aromatic nitrogens is 2. The summed E-state index contributed by atoms with van der Waals surface area (Å²) >= 11 is 3.43. The summed E-state index contributed by atoms with van der Waals surface area (Å²) in [5, 5.41) is 4.38. The fourth-order valence-electron chi connectivity index (χ4n) is 2.15. The normalized spacial score (nSPS) is 10.9. The van der Waals surface area contributed by atoms with E-state index in [9.17, 15) is 13.6 Å². The van der Waals surface area contributed by atoms with Crippen LogP contribution in [-0.2, 0) is 19.4 Å². The molecule has 0 spiro atoms. The summed E-state index contributed by atoms with van der Waals surface area (Å²) in [5.74, 6) is -2.58. The first kappa shape index (κ1) is 15.8. The minimum Gasteiger partial charge on any atom is -0.294 e. The second-order valence-electron chi connectivity index (χ2n) is 4.58. The highest BCUT2D eigenvalue weighted by atomic mass is 79.9. The zero-order valence-corrected chi connectivity index (χ0v) is 13.4. The van der Waals surface area contributed by atoms with Gasteiger partial charge in [-0.15, -0.1) is 0 Å². The van der Waals surface area contributed by atoms with E-state index >= 15 is 0 Å². The fourth-order valence-corrected chi connectivity index (χ4v) is 2.86. The maximum absolute atomic E-state index is 13.7. The molecular weight excluding hydrogens is 342 g/mol. The molecule has 0 radical (unpaired) electrons. The molecule has 2 aromatic rings. The van der Waals surface area contributed by atoms with Gasteiger partial charge in [-0.2, -0.15) is 5.10 Å². The number of carbonyl (C=O) groups is 1. The Hall–Kier alpha value is -1.56. The molecular formula is C15H15BrF2N2O. The number of hydrogen-bond donors (Lipinski definition) is 0. The number of carbonyl (C=O) groups excluding carboxylic acids is 1. The third kappa shape index (κ3) is 3.05. The molecule has 0 saturated heterocycles. The van der Waals surface area contributed by atoms with Crippen LogP contribution in [0, 0.1) is 11.6 Å². The van der Waals surface area contributed by atoms with Crippen LogP contribution in [0.4, 0.5) is 8.78 Å². The summed E-state index contributed by atoms with van der Waals surface area (Å²) in [6.45, 7) is 4.48. The number of nitrogens with zero attached hydrogens (tertiary/aromatic N) is 2. The maximum Gasteiger partial charge on any atom is 0.171 e. The zero-order chi connectivity index (χ0) is 15.6. The van der Waals surface area contributed by atoms with E-state index < -0.39 is 17.4 Å². The van der Waals surface area contributed by atoms with E-state index in [-0.39, 0.29) is 12.0 Å². The summed E-state index contributed by atoms with van der Waals surface area (Å²) < 4.78 is 29.4. The maximum atomic E-state index is 13.7. The lowest BCUT2D eigenvalue weighted by molar-refractivity contribution is 0.0985. The Morgan fingerprint density at radius 3 is 2.67 bits per heavy atom. The summed E-state index contributed by atoms with van der Waals surface area (Å²) in [6.07, 6.45) is 0.699. The number of hydrogen-bond acceptors (Lipinski definition) is 2. The molecule has 0 unspecified atom stereocenters. The molecule has 112 valence electrons. The SMILES string of the molecule is CCc1nn(CC)c(CC(=O)c2cccc(F)c2F)c1Br. The average Bonchev–Trinajstić information content (AvgIpc) is 2.78. The first-order chi connectivity index (χ1) is 9.99. The topological polar surface area (TPSA) is 34.9 Å². The number of Topliss-reactive ketones (excluding diaryl/α,β-unsaturated/α-hetero) is 1. The van der Waals surface area contributed by atoms with Crippen LogP contribution in [0.2, 0.25) is 0 Å². The van der Waals surface area contributed by atoms with Crippen molar-refractivity contribution in [2.45, 2.75) is 33.2 Å². The van der Waals surface area contributed by atoms with Crippen molar-refractivity contribution < 1.29 is 13.6 Å². The van der Waals surface area contributed by atoms with Gasteiger partial charge in [0.05, 0.1) is 27.8 Å². The second kappa shape index (κ2) is 6.47. The van der Waals surface area contributed by atoms with E-state index in [4.69, 9.17) is 0 Å². The molecule has 0 bridgehead atoms. The van der Waals surface area contributed by atoms with Gasteiger partial charge in [0.15, 0.2) is 17.4 Å². The summed E-state index contributed by atoms with van der Waals surface area (Å²) in [5.41, 5.74) is 1.30. The van der Waals surface area contributed by atoms with Crippen LogP contribution in [0.25, 0.3) is 0 Å². The van der Waals surface area contributed by atoms with Gasteiger partial charge in [0, 0.05) is 6.54 Å². The summed E-state index contributed by atoms with van der Waals surface area (Å²) in [4.78, 5) is 12.2. The first-order valence-corrected chi connectivity index (χ1v) is 7.50. The van der Waals surface area contributed by atoms with Gasteiger partial charge in [-0.1, -0.05) is 13.0 Å². The lowest BCUT2D eigenvalue weighted by Crippen LogP contribution is -2.12. The Morgan fingerprint density at radius 1 is 1.33 bits per heavy atom. The molecule has 0 aliphatic rings. The van der Waals surface area contributed by atoms with Crippen molar-refractivity contribution in [1.82, 2.24) is 9.78 Å². The van der Waals surface area contributed by atoms with E-state index in [0.717, 1.165) is 22.7 Å². The van der Waals surface area contributed by atoms with Gasteiger partial charge >= 0.3 is 0 Å². The average molecular weight is 357 g/mol. The van der Waals surface area contributed by atoms with Gasteiger partial charge in [0.2, 0.25) is 0 Å². The largest absolute Gasteiger partial charge is 0.294 e. The van der Waals surface area contributed by atoms with Crippen LogP contribution in [-0.4, -0.2) is 15.6 Å². The third-order valence-electron chi connectivity index (χ3n) is 3.27. The van der Waals surface area contributed by atoms with Crippen LogP contribution >= 0.6 is 15.9 Å². The number of halogens is 3. The van der Waals surface area contributed by atoms with Gasteiger partial charge in [0.25, 0.3) is 0 Å². The van der Waals surface area contributed by atoms with E-state index in [2.05, 4.69) is 21.0 Å². The van der Waals surface area contributed by atoms with Crippen LogP contribution in [0.1, 0.15) is 35.6 Å². The number of aryl methyl sites for hydroxylation is 2. The highest BCUT2D eigenvalue weighted by Gasteiger charge is 2.20. The van der Waals surface area contributed by atoms with Crippen LogP contribution in [0.3, 0.4) is 0 Å². The van der Waals surface area contributed by atoms with Crippen LogP contribution in [0.15, 0.2) is 22.7 Å². The predicted octanol–water partition coefficient (Wildman–Crippen LogP) is 3.93. The Morgan fingerprint density at radius 2 is 2.05 bits per heavy atom. The monoisotopic (exact) mass is 356 g/mol. The minimum atomic E-state index is -1.10. The van der Waals surface area contributed by atoms with Crippen molar-refractivity contribution in [1.29, 1.82) is 0 Å². The molecule has 3 nitrogen and oxygen atoms in total. The molecule has 0 saturated carbocycles. The van der Waals surface area contributed by atoms with Gasteiger partial charge in [-0.05, 0) is 41.4 Å². The van der Waals surface area contributed by atoms with Gasteiger partial charge in [-0.3, -0.25) is 9.48 Å². The molecule has 1 heterocycles. The van der Waals surface area contributed by atoms with Gasteiger partial charge in [0.1, 0.15) is 0 Å². The van der Waals surface area contributed by atoms with Crippen molar-refractivity contribution in [2.24, 2.45) is 0 Å². The lowest BCUT2D eigenvalue weighted by Gasteiger charge is -2.06. The molecule has 0 fully saturated rings. The molecule has 0 atom stereocenters. The van der Waals surface area contributed by atoms with Crippen molar-refractivity contribution in [2.75, 3.05) is 0 Å². The molecule has 6 heteroatoms. The molecule has 0 amide bonds. The predicted molar refractivity (Wildman–Crippen MR) is 79.4 cm³/mol. The number of ketones is 1. The number of benzene rings is 1. The van der Waals surface area contributed by atoms with Gasteiger partial charge < -0.3 is 0 Å². The number of rotatable bonds is 5. The highest BCUT2D eigenvalue weighted by molar-refractivity contribution is 9.10. The Balaban J connectivity index is 2.36. The third-order valence-corrected chi connectivity index (χ3v) is 4.19. The van der Waals surface area contributed by atoms with Crippen molar-refractivity contribution in [3.05, 3.63) is 51.3 Å². The minimum absolute atomic E-state index is 0.0260. The zero-order valence-electron chi connectivity index (χ0n) is 11.8. The molecule has 0 N–H and O–H groups in total. The van der Waals surface area contributed by atoms with Crippen molar-refractivity contribution in [3.63, 3.8) is 0 Å². The Bertz CT molecular complexity index is 683. The molecule has 0 aliphatic carbocycles. The Labute approximate surface area is 130 Å². The molecule has 0 aliphatic heterocycles. The first-order valence-electron chi connectivity index (χ1n) is 6.70. The lowest BCUT2D eigenvalue weighted by atomic mass is 10.1. The van der Waals surface area contributed by atoms with Gasteiger partial charge in [-0.25, -0.2) is 8.78 Å². The van der Waals surface area contributed by atoms with Crippen molar-refractivity contribution >= 4 is 21.7 Å². The second-order valence-corrected chi connectivity index (χ2v) is 5.37. The summed E-state index contributed by atoms with van der Waals surface area (Å²) in [7, 11) is 0. The highest BCUT2D eigenvalue weighted by Crippen LogP contribution is 2.24. The fraction of sp³-hybridized carbons (Fsp3) is 0.333. The summed E-state index contributed by atoms with van der Waals surface area (Å²) in [6, 6.07) is 3.62. The molecule has 2 rings (SSSR count). The smallest absolute Gasteiger partial charge is 0.171 e. The van der Waals surface area contributed by atoms with E-state index in [1.807, 2.05) is 13.8 Å². The van der Waals surface area contributed by atoms with Crippen LogP contribution < -0.4 is 0 Å². The van der Waals surface area contributed by atoms with E-state index in [1.54, 1.807) is 4.68 Å². The van der Waals surface area contributed by atoms with Crippen molar-refractivity contribution in [3.8, 4) is 0 Å². The molecule has 1 aromatic heterocycles. The van der Waals surface area contributed by atoms with E-state index in [0.29, 0.717) is 12.2 Å². The Kier molecular flexibility index (Phi) is 4.88. The van der Waals surface area contributed by atoms with Crippen LogP contribution in [0.5, 0.6) is 0 Å². The quantitative estimate of drug-likeness (QED) is 0.760. The van der Waals surface area contributed by atoms with E-state index in [1.165, 1.54) is 12.1 Å². The molecule has 21 heavy (non-hydrogen) atoms. The molecule has 1 aromatic carbocycles. The standard InChI is InChI=1S/C15H15BrF2N2O/c1-3-11-14(16)12(20(4-2)19-11)8-13(21)9-6-5-7-10(17)15(9)18/h5-7H,3-4,8H2,1-2H3.